The van der Waals surface area contributed by atoms with Gasteiger partial charge in [0.15, 0.2) is 0 Å². The molecule has 0 aliphatic rings. The number of phenolic OH excluding ortho intramolecular Hbond substituents is 1. The number of phenols is 1. The minimum absolute atomic E-state index is 0. The number of benzene rings is 2. The minimum Gasteiger partial charge on any atom is -0.506 e. The van der Waals surface area contributed by atoms with Gasteiger partial charge in [0, 0.05) is 38.9 Å². The van der Waals surface area contributed by atoms with Crippen molar-refractivity contribution in [3.8, 4) is 5.75 Å². The van der Waals surface area contributed by atoms with Crippen LogP contribution in [0.4, 0.5) is 11.4 Å². The number of hydrogen-bond acceptors (Lipinski definition) is 5. The van der Waals surface area contributed by atoms with E-state index in [4.69, 9.17) is 5.11 Å². The maximum atomic E-state index is 10.8. The Labute approximate surface area is 151 Å². The maximum absolute atomic E-state index is 10.8. The van der Waals surface area contributed by atoms with Gasteiger partial charge in [0.1, 0.15) is 11.3 Å². The quantitative estimate of drug-likeness (QED) is 0.507. The molecule has 3 aromatic rings. The first kappa shape index (κ1) is 17.0. The summed E-state index contributed by atoms with van der Waals surface area (Å²) in [4.78, 5) is 14.9. The van der Waals surface area contributed by atoms with E-state index in [0.29, 0.717) is 22.3 Å². The van der Waals surface area contributed by atoms with Gasteiger partial charge < -0.3 is 10.2 Å². The molecular formula is C16H11CdN3O3. The molecule has 110 valence electrons. The summed E-state index contributed by atoms with van der Waals surface area (Å²) in [7, 11) is 0. The molecule has 0 aliphatic heterocycles. The van der Waals surface area contributed by atoms with Gasteiger partial charge in [0.2, 0.25) is 0 Å². The van der Waals surface area contributed by atoms with E-state index in [-0.39, 0.29) is 38.6 Å². The summed E-state index contributed by atoms with van der Waals surface area (Å²) < 4.78 is 0. The summed E-state index contributed by atoms with van der Waals surface area (Å²) in [6.07, 6.45) is 1.59. The number of carboxylic acid groups (broad SMARTS) is 1. The van der Waals surface area contributed by atoms with E-state index in [0.717, 1.165) is 0 Å². The van der Waals surface area contributed by atoms with E-state index in [2.05, 4.69) is 15.2 Å². The van der Waals surface area contributed by atoms with E-state index >= 15 is 0 Å². The molecule has 2 aromatic carbocycles. The summed E-state index contributed by atoms with van der Waals surface area (Å²) in [5, 5.41) is 27.5. The van der Waals surface area contributed by atoms with E-state index < -0.39 is 5.97 Å². The Kier molecular flexibility index (Phi) is 5.37. The average molecular weight is 406 g/mol. The summed E-state index contributed by atoms with van der Waals surface area (Å²) >= 11 is 0. The number of carbonyl (C=O) groups is 1. The van der Waals surface area contributed by atoms with Crippen LogP contribution in [0.15, 0.2) is 65.0 Å². The van der Waals surface area contributed by atoms with E-state index in [1.165, 1.54) is 18.2 Å². The molecule has 0 atom stereocenters. The van der Waals surface area contributed by atoms with Crippen LogP contribution in [0.5, 0.6) is 5.75 Å². The number of fused-ring (bicyclic) bond motifs is 1. The van der Waals surface area contributed by atoms with Gasteiger partial charge in [-0.2, -0.15) is 5.11 Å². The third-order valence-electron chi connectivity index (χ3n) is 3.11. The second-order valence-electron chi connectivity index (χ2n) is 4.56. The van der Waals surface area contributed by atoms with Crippen LogP contribution in [-0.4, -0.2) is 21.2 Å². The molecule has 6 nitrogen and oxygen atoms in total. The van der Waals surface area contributed by atoms with Crippen molar-refractivity contribution in [3.05, 3.63) is 60.3 Å². The summed E-state index contributed by atoms with van der Waals surface area (Å²) in [5.41, 5.74) is 1.76. The van der Waals surface area contributed by atoms with Gasteiger partial charge >= 0.3 is 5.97 Å². The fourth-order valence-electron chi connectivity index (χ4n) is 2.01. The van der Waals surface area contributed by atoms with Crippen molar-refractivity contribution < 1.29 is 42.3 Å². The van der Waals surface area contributed by atoms with E-state index in [9.17, 15) is 9.90 Å². The zero-order valence-electron chi connectivity index (χ0n) is 12.0. The molecule has 0 saturated carbocycles. The van der Waals surface area contributed by atoms with Crippen LogP contribution in [0.2, 0.25) is 0 Å². The summed E-state index contributed by atoms with van der Waals surface area (Å²) in [6, 6.07) is 12.8. The third-order valence-corrected chi connectivity index (χ3v) is 3.11. The van der Waals surface area contributed by atoms with Crippen molar-refractivity contribution >= 4 is 28.2 Å². The van der Waals surface area contributed by atoms with Crippen LogP contribution in [-0.2, 0) is 27.3 Å². The van der Waals surface area contributed by atoms with Gasteiger partial charge in [0.05, 0.1) is 16.9 Å². The molecule has 2 N–H and O–H groups in total. The first-order valence-corrected chi connectivity index (χ1v) is 6.47. The molecule has 0 radical (unpaired) electrons. The van der Waals surface area contributed by atoms with Gasteiger partial charge in [-0.25, -0.2) is 4.79 Å². The molecule has 0 spiro atoms. The smallest absolute Gasteiger partial charge is 0.335 e. The number of azo groups is 1. The van der Waals surface area contributed by atoms with E-state index in [1.54, 1.807) is 36.5 Å². The second kappa shape index (κ2) is 7.27. The Morgan fingerprint density at radius 3 is 2.43 bits per heavy atom. The van der Waals surface area contributed by atoms with E-state index in [1.807, 2.05) is 0 Å². The standard InChI is InChI=1S/C16H11N3O3.Cd/c20-14-8-7-13(12-2-1-9-17-15(12)14)19-18-11-5-3-10(4-6-11)16(21)22;/h1-9,20H,(H,21,22);. The van der Waals surface area contributed by atoms with Gasteiger partial charge in [-0.15, -0.1) is 5.11 Å². The number of nitrogens with zero attached hydrogens (tertiary/aromatic N) is 3. The Morgan fingerprint density at radius 2 is 1.74 bits per heavy atom. The molecular weight excluding hydrogens is 395 g/mol. The number of aromatic nitrogens is 1. The zero-order chi connectivity index (χ0) is 15.5. The van der Waals surface area contributed by atoms with Gasteiger partial charge in [-0.3, -0.25) is 4.98 Å². The van der Waals surface area contributed by atoms with Crippen molar-refractivity contribution in [1.29, 1.82) is 0 Å². The predicted octanol–water partition coefficient (Wildman–Crippen LogP) is 4.05. The SMILES string of the molecule is O=C(O)c1ccc(N=Nc2ccc(O)c3ncccc23)cc1.[Cd]. The number of pyridine rings is 1. The summed E-state index contributed by atoms with van der Waals surface area (Å²) in [5.74, 6) is -0.903. The van der Waals surface area contributed by atoms with Crippen LogP contribution in [0.25, 0.3) is 10.9 Å². The van der Waals surface area contributed by atoms with Crippen molar-refractivity contribution in [1.82, 2.24) is 4.98 Å². The Hall–Kier alpha value is -2.36. The second-order valence-corrected chi connectivity index (χ2v) is 4.56. The van der Waals surface area contributed by atoms with Crippen molar-refractivity contribution in [3.63, 3.8) is 0 Å². The predicted molar refractivity (Wildman–Crippen MR) is 81.0 cm³/mol. The number of hydrogen-bond donors (Lipinski definition) is 2. The largest absolute Gasteiger partial charge is 0.506 e. The zero-order valence-corrected chi connectivity index (χ0v) is 16.1. The van der Waals surface area contributed by atoms with Crippen LogP contribution in [0.3, 0.4) is 0 Å². The van der Waals surface area contributed by atoms with Crippen molar-refractivity contribution in [2.75, 3.05) is 0 Å². The Bertz CT molecular complexity index is 879. The molecule has 0 aliphatic carbocycles. The molecule has 0 amide bonds. The minimum atomic E-state index is -0.987. The third kappa shape index (κ3) is 3.70. The number of rotatable bonds is 3. The van der Waals surface area contributed by atoms with Crippen molar-refractivity contribution in [2.45, 2.75) is 0 Å². The molecule has 1 aromatic heterocycles. The van der Waals surface area contributed by atoms with Gasteiger partial charge in [-0.1, -0.05) is 0 Å². The van der Waals surface area contributed by atoms with Gasteiger partial charge in [0.25, 0.3) is 0 Å². The topological polar surface area (TPSA) is 95.1 Å². The van der Waals surface area contributed by atoms with Crippen LogP contribution >= 0.6 is 0 Å². The maximum Gasteiger partial charge on any atom is 0.335 e. The van der Waals surface area contributed by atoms with Gasteiger partial charge in [-0.05, 0) is 48.5 Å². The first-order chi connectivity index (χ1) is 10.6. The molecule has 7 heteroatoms. The molecule has 0 saturated heterocycles. The number of carboxylic acids is 1. The Balaban J connectivity index is 0.00000192. The van der Waals surface area contributed by atoms with Crippen LogP contribution in [0, 0.1) is 0 Å². The molecule has 0 bridgehead atoms. The molecule has 0 fully saturated rings. The fourth-order valence-corrected chi connectivity index (χ4v) is 2.01. The summed E-state index contributed by atoms with van der Waals surface area (Å²) in [6.45, 7) is 0. The molecule has 23 heavy (non-hydrogen) atoms. The fraction of sp³-hybridized carbons (Fsp3) is 0. The van der Waals surface area contributed by atoms with Crippen molar-refractivity contribution in [2.24, 2.45) is 10.2 Å². The Morgan fingerprint density at radius 1 is 1.00 bits per heavy atom. The monoisotopic (exact) mass is 407 g/mol. The molecule has 3 rings (SSSR count). The van der Waals surface area contributed by atoms with Crippen LogP contribution in [0.1, 0.15) is 10.4 Å². The van der Waals surface area contributed by atoms with Crippen LogP contribution < -0.4 is 0 Å². The molecule has 1 heterocycles. The molecule has 0 unspecified atom stereocenters. The normalized spacial score (nSPS) is 10.6. The number of aromatic hydroxyl groups is 1. The average Bonchev–Trinajstić information content (AvgIpc) is 2.55. The first-order valence-electron chi connectivity index (χ1n) is 6.47. The number of aromatic carboxylic acids is 1.